The Morgan fingerprint density at radius 1 is 1.29 bits per heavy atom. The number of hydrogen-bond acceptors (Lipinski definition) is 4. The van der Waals surface area contributed by atoms with Crippen LogP contribution in [0.1, 0.15) is 19.3 Å². The number of benzene rings is 1. The molecule has 116 valence electrons. The third-order valence-corrected chi connectivity index (χ3v) is 3.99. The molecule has 0 spiro atoms. The Kier molecular flexibility index (Phi) is 5.19. The molecule has 0 bridgehead atoms. The molecule has 0 aliphatic carbocycles. The number of nitrogens with one attached hydrogen (secondary N) is 3. The number of carbonyl (C=O) groups is 1. The van der Waals surface area contributed by atoms with E-state index in [2.05, 4.69) is 15.4 Å². The van der Waals surface area contributed by atoms with Gasteiger partial charge in [-0.05, 0) is 50.0 Å². The molecule has 1 fully saturated rings. The lowest BCUT2D eigenvalue weighted by Gasteiger charge is -2.21. The Morgan fingerprint density at radius 2 is 1.95 bits per heavy atom. The van der Waals surface area contributed by atoms with Gasteiger partial charge in [0.15, 0.2) is 0 Å². The van der Waals surface area contributed by atoms with Crippen molar-refractivity contribution in [1.29, 1.82) is 0 Å². The van der Waals surface area contributed by atoms with Gasteiger partial charge >= 0.3 is 0 Å². The summed E-state index contributed by atoms with van der Waals surface area (Å²) in [6.45, 7) is 1.93. The van der Waals surface area contributed by atoms with E-state index in [1.807, 2.05) is 0 Å². The standard InChI is InChI=1S/C14H21N3O3S/c1-21(19,20)17-13-4-2-3-12(10-13)16-14(18)9-11-5-7-15-8-6-11/h2-4,10-11,15,17H,5-9H2,1H3,(H,16,18). The van der Waals surface area contributed by atoms with E-state index in [0.717, 1.165) is 32.2 Å². The first kappa shape index (κ1) is 15.8. The van der Waals surface area contributed by atoms with E-state index >= 15 is 0 Å². The van der Waals surface area contributed by atoms with Crippen LogP contribution in [-0.4, -0.2) is 33.7 Å². The van der Waals surface area contributed by atoms with Crippen LogP contribution in [-0.2, 0) is 14.8 Å². The predicted octanol–water partition coefficient (Wildman–Crippen LogP) is 1.39. The average molecular weight is 311 g/mol. The molecule has 2 rings (SSSR count). The number of hydrogen-bond donors (Lipinski definition) is 3. The maximum atomic E-state index is 12.0. The summed E-state index contributed by atoms with van der Waals surface area (Å²) in [5, 5.41) is 6.09. The van der Waals surface area contributed by atoms with Crippen molar-refractivity contribution >= 4 is 27.3 Å². The summed E-state index contributed by atoms with van der Waals surface area (Å²) in [6.07, 6.45) is 3.63. The largest absolute Gasteiger partial charge is 0.326 e. The lowest BCUT2D eigenvalue weighted by molar-refractivity contribution is -0.117. The molecule has 1 aromatic carbocycles. The lowest BCUT2D eigenvalue weighted by atomic mass is 9.94. The van der Waals surface area contributed by atoms with E-state index in [4.69, 9.17) is 0 Å². The van der Waals surface area contributed by atoms with Crippen LogP contribution >= 0.6 is 0 Å². The van der Waals surface area contributed by atoms with Crippen molar-refractivity contribution < 1.29 is 13.2 Å². The van der Waals surface area contributed by atoms with E-state index < -0.39 is 10.0 Å². The molecule has 7 heteroatoms. The first-order valence-corrected chi connectivity index (χ1v) is 8.90. The second-order valence-electron chi connectivity index (χ2n) is 5.40. The normalized spacial score (nSPS) is 16.4. The molecule has 3 N–H and O–H groups in total. The molecule has 1 aromatic rings. The van der Waals surface area contributed by atoms with Crippen LogP contribution in [0.5, 0.6) is 0 Å². The van der Waals surface area contributed by atoms with Crippen molar-refractivity contribution in [2.24, 2.45) is 5.92 Å². The van der Waals surface area contributed by atoms with Crippen LogP contribution in [0, 0.1) is 5.92 Å². The van der Waals surface area contributed by atoms with E-state index in [0.29, 0.717) is 23.7 Å². The first-order valence-electron chi connectivity index (χ1n) is 7.01. The Labute approximate surface area is 125 Å². The fraction of sp³-hybridized carbons (Fsp3) is 0.500. The van der Waals surface area contributed by atoms with Crippen LogP contribution in [0.3, 0.4) is 0 Å². The molecule has 1 heterocycles. The van der Waals surface area contributed by atoms with Crippen molar-refractivity contribution in [3.8, 4) is 0 Å². The topological polar surface area (TPSA) is 87.3 Å². The van der Waals surface area contributed by atoms with Gasteiger partial charge in [-0.1, -0.05) is 6.07 Å². The Hall–Kier alpha value is -1.60. The zero-order chi connectivity index (χ0) is 15.3. The summed E-state index contributed by atoms with van der Waals surface area (Å²) in [6, 6.07) is 6.70. The highest BCUT2D eigenvalue weighted by atomic mass is 32.2. The van der Waals surface area contributed by atoms with Crippen LogP contribution in [0.2, 0.25) is 0 Å². The number of piperidine rings is 1. The molecule has 6 nitrogen and oxygen atoms in total. The van der Waals surface area contributed by atoms with Gasteiger partial charge in [0.05, 0.1) is 11.9 Å². The Balaban J connectivity index is 1.92. The number of amides is 1. The third kappa shape index (κ3) is 5.73. The van der Waals surface area contributed by atoms with E-state index in [1.165, 1.54) is 0 Å². The van der Waals surface area contributed by atoms with Crippen molar-refractivity contribution in [3.63, 3.8) is 0 Å². The SMILES string of the molecule is CS(=O)(=O)Nc1cccc(NC(=O)CC2CCNCC2)c1. The molecule has 21 heavy (non-hydrogen) atoms. The number of rotatable bonds is 5. The highest BCUT2D eigenvalue weighted by molar-refractivity contribution is 7.92. The quantitative estimate of drug-likeness (QED) is 0.767. The second kappa shape index (κ2) is 6.91. The smallest absolute Gasteiger partial charge is 0.229 e. The minimum atomic E-state index is -3.31. The predicted molar refractivity (Wildman–Crippen MR) is 83.7 cm³/mol. The van der Waals surface area contributed by atoms with Crippen LogP contribution < -0.4 is 15.4 Å². The van der Waals surface area contributed by atoms with Gasteiger partial charge in [-0.15, -0.1) is 0 Å². The number of carbonyl (C=O) groups excluding carboxylic acids is 1. The maximum Gasteiger partial charge on any atom is 0.229 e. The van der Waals surface area contributed by atoms with Crippen molar-refractivity contribution in [2.75, 3.05) is 29.4 Å². The van der Waals surface area contributed by atoms with Crippen molar-refractivity contribution in [2.45, 2.75) is 19.3 Å². The molecule has 0 unspecified atom stereocenters. The van der Waals surface area contributed by atoms with Crippen LogP contribution in [0.25, 0.3) is 0 Å². The molecule has 1 aliphatic rings. The van der Waals surface area contributed by atoms with Crippen molar-refractivity contribution in [1.82, 2.24) is 5.32 Å². The zero-order valence-electron chi connectivity index (χ0n) is 12.1. The summed E-state index contributed by atoms with van der Waals surface area (Å²) >= 11 is 0. The zero-order valence-corrected chi connectivity index (χ0v) is 12.9. The molecular weight excluding hydrogens is 290 g/mol. The Morgan fingerprint density at radius 3 is 2.62 bits per heavy atom. The van der Waals surface area contributed by atoms with Crippen LogP contribution in [0.15, 0.2) is 24.3 Å². The minimum absolute atomic E-state index is 0.0293. The van der Waals surface area contributed by atoms with Gasteiger partial charge in [0.2, 0.25) is 15.9 Å². The molecule has 0 aromatic heterocycles. The highest BCUT2D eigenvalue weighted by Crippen LogP contribution is 2.19. The van der Waals surface area contributed by atoms with Gasteiger partial charge in [-0.2, -0.15) is 0 Å². The van der Waals surface area contributed by atoms with Gasteiger partial charge < -0.3 is 10.6 Å². The number of anilines is 2. The molecule has 0 radical (unpaired) electrons. The third-order valence-electron chi connectivity index (χ3n) is 3.38. The van der Waals surface area contributed by atoms with Gasteiger partial charge in [-0.3, -0.25) is 9.52 Å². The van der Waals surface area contributed by atoms with E-state index in [-0.39, 0.29) is 5.91 Å². The summed E-state index contributed by atoms with van der Waals surface area (Å²) in [5.74, 6) is 0.391. The van der Waals surface area contributed by atoms with Gasteiger partial charge in [0.1, 0.15) is 0 Å². The summed E-state index contributed by atoms with van der Waals surface area (Å²) in [7, 11) is -3.31. The monoisotopic (exact) mass is 311 g/mol. The second-order valence-corrected chi connectivity index (χ2v) is 7.15. The molecule has 0 atom stereocenters. The fourth-order valence-electron chi connectivity index (χ4n) is 2.43. The molecular formula is C14H21N3O3S. The summed E-state index contributed by atoms with van der Waals surface area (Å²) in [4.78, 5) is 12.0. The first-order chi connectivity index (χ1) is 9.92. The fourth-order valence-corrected chi connectivity index (χ4v) is 2.99. The maximum absolute atomic E-state index is 12.0. The van der Waals surface area contributed by atoms with Crippen LogP contribution in [0.4, 0.5) is 11.4 Å². The Bertz CT molecular complexity index is 595. The van der Waals surface area contributed by atoms with Gasteiger partial charge in [0, 0.05) is 12.1 Å². The van der Waals surface area contributed by atoms with E-state index in [1.54, 1.807) is 24.3 Å². The van der Waals surface area contributed by atoms with E-state index in [9.17, 15) is 13.2 Å². The molecule has 1 amide bonds. The van der Waals surface area contributed by atoms with Gasteiger partial charge in [0.25, 0.3) is 0 Å². The van der Waals surface area contributed by atoms with Gasteiger partial charge in [-0.25, -0.2) is 8.42 Å². The summed E-state index contributed by atoms with van der Waals surface area (Å²) < 4.78 is 24.8. The molecule has 1 aliphatic heterocycles. The average Bonchev–Trinajstić information content (AvgIpc) is 2.38. The lowest BCUT2D eigenvalue weighted by Crippen LogP contribution is -2.30. The molecule has 1 saturated heterocycles. The highest BCUT2D eigenvalue weighted by Gasteiger charge is 2.16. The van der Waals surface area contributed by atoms with Crippen molar-refractivity contribution in [3.05, 3.63) is 24.3 Å². The number of sulfonamides is 1. The minimum Gasteiger partial charge on any atom is -0.326 e. The summed E-state index contributed by atoms with van der Waals surface area (Å²) in [5.41, 5.74) is 1.04. The molecule has 0 saturated carbocycles.